The lowest BCUT2D eigenvalue weighted by Crippen LogP contribution is -2.37. The fourth-order valence-corrected chi connectivity index (χ4v) is 4.46. The van der Waals surface area contributed by atoms with Crippen molar-refractivity contribution in [3.8, 4) is 0 Å². The molecule has 0 bridgehead atoms. The van der Waals surface area contributed by atoms with Crippen LogP contribution in [0.15, 0.2) is 54.6 Å². The van der Waals surface area contributed by atoms with Crippen molar-refractivity contribution in [2.45, 2.75) is 37.7 Å². The number of ether oxygens (including phenoxy) is 1. The van der Waals surface area contributed by atoms with Crippen LogP contribution in [0.5, 0.6) is 0 Å². The number of rotatable bonds is 6. The second-order valence-corrected chi connectivity index (χ2v) is 8.42. The van der Waals surface area contributed by atoms with Gasteiger partial charge in [-0.25, -0.2) is 4.79 Å². The van der Waals surface area contributed by atoms with Gasteiger partial charge in [-0.1, -0.05) is 42.1 Å². The number of nitro benzene ring substituents is 1. The first kappa shape index (κ1) is 20.9. The monoisotopic (exact) mass is 414 g/mol. The fourth-order valence-electron chi connectivity index (χ4n) is 3.44. The molecule has 1 heterocycles. The lowest BCUT2D eigenvalue weighted by atomic mass is 10.0. The SMILES string of the molecule is CC(=O)S[C@H]1C[C@@H](Cc2ccccc2)N(C(=O)OCc2ccc([N+](=O)[O-])cc2)C1. The number of likely N-dealkylation sites (tertiary alicyclic amines) is 1. The molecule has 3 rings (SSSR count). The van der Waals surface area contributed by atoms with Gasteiger partial charge in [-0.05, 0) is 36.1 Å². The lowest BCUT2D eigenvalue weighted by molar-refractivity contribution is -0.384. The first-order chi connectivity index (χ1) is 13.9. The Balaban J connectivity index is 1.64. The minimum absolute atomic E-state index is 0.00774. The van der Waals surface area contributed by atoms with Gasteiger partial charge in [0.25, 0.3) is 5.69 Å². The van der Waals surface area contributed by atoms with Gasteiger partial charge in [0.05, 0.1) is 4.92 Å². The van der Waals surface area contributed by atoms with Gasteiger partial charge < -0.3 is 9.64 Å². The van der Waals surface area contributed by atoms with E-state index >= 15 is 0 Å². The smallest absolute Gasteiger partial charge is 0.410 e. The zero-order chi connectivity index (χ0) is 20.8. The first-order valence-corrected chi connectivity index (χ1v) is 10.2. The Morgan fingerprint density at radius 1 is 1.14 bits per heavy atom. The van der Waals surface area contributed by atoms with Crippen molar-refractivity contribution >= 4 is 28.7 Å². The van der Waals surface area contributed by atoms with E-state index in [2.05, 4.69) is 0 Å². The van der Waals surface area contributed by atoms with E-state index in [4.69, 9.17) is 4.74 Å². The highest BCUT2D eigenvalue weighted by molar-refractivity contribution is 8.14. The molecule has 0 radical (unpaired) electrons. The number of thioether (sulfide) groups is 1. The molecule has 2 aromatic rings. The molecule has 1 amide bonds. The molecule has 29 heavy (non-hydrogen) atoms. The van der Waals surface area contributed by atoms with E-state index in [0.717, 1.165) is 12.0 Å². The quantitative estimate of drug-likeness (QED) is 0.520. The molecule has 0 aromatic heterocycles. The fraction of sp³-hybridized carbons (Fsp3) is 0.333. The van der Waals surface area contributed by atoms with Crippen molar-refractivity contribution in [1.29, 1.82) is 0 Å². The molecular formula is C21H22N2O5S. The van der Waals surface area contributed by atoms with Crippen LogP contribution in [0.2, 0.25) is 0 Å². The highest BCUT2D eigenvalue weighted by atomic mass is 32.2. The highest BCUT2D eigenvalue weighted by Crippen LogP contribution is 2.30. The van der Waals surface area contributed by atoms with Crippen LogP contribution in [0.4, 0.5) is 10.5 Å². The van der Waals surface area contributed by atoms with Gasteiger partial charge in [0.2, 0.25) is 0 Å². The predicted molar refractivity (Wildman–Crippen MR) is 111 cm³/mol. The van der Waals surface area contributed by atoms with Crippen LogP contribution in [-0.4, -0.2) is 38.9 Å². The Hall–Kier alpha value is -2.87. The average molecular weight is 414 g/mol. The third-order valence-corrected chi connectivity index (χ3v) is 5.77. The third kappa shape index (κ3) is 5.80. The average Bonchev–Trinajstić information content (AvgIpc) is 3.08. The molecule has 0 N–H and O–H groups in total. The van der Waals surface area contributed by atoms with E-state index in [1.165, 1.54) is 30.8 Å². The number of benzene rings is 2. The van der Waals surface area contributed by atoms with Gasteiger partial charge in [-0.15, -0.1) is 0 Å². The Morgan fingerprint density at radius 3 is 2.45 bits per heavy atom. The van der Waals surface area contributed by atoms with E-state index in [1.54, 1.807) is 17.0 Å². The predicted octanol–water partition coefficient (Wildman–Crippen LogP) is 4.20. The van der Waals surface area contributed by atoms with E-state index in [1.807, 2.05) is 30.3 Å². The number of hydrogen-bond acceptors (Lipinski definition) is 6. The second kappa shape index (κ2) is 9.56. The van der Waals surface area contributed by atoms with Crippen LogP contribution in [-0.2, 0) is 22.6 Å². The second-order valence-electron chi connectivity index (χ2n) is 6.94. The van der Waals surface area contributed by atoms with E-state index in [0.29, 0.717) is 18.5 Å². The molecule has 0 aliphatic carbocycles. The summed E-state index contributed by atoms with van der Waals surface area (Å²) in [5.41, 5.74) is 1.79. The Bertz CT molecular complexity index is 872. The standard InChI is InChI=1S/C21H22N2O5S/c1-15(24)29-20-12-19(11-16-5-3-2-4-6-16)22(13-20)21(25)28-14-17-7-9-18(10-8-17)23(26)27/h2-10,19-20H,11-14H2,1H3/t19-,20+/m1/s1. The third-order valence-electron chi connectivity index (χ3n) is 4.77. The van der Waals surface area contributed by atoms with Crippen LogP contribution in [0.25, 0.3) is 0 Å². The van der Waals surface area contributed by atoms with Gasteiger partial charge in [0, 0.05) is 36.9 Å². The largest absolute Gasteiger partial charge is 0.445 e. The summed E-state index contributed by atoms with van der Waals surface area (Å²) in [5.74, 6) is 0. The van der Waals surface area contributed by atoms with Crippen LogP contribution in [0.1, 0.15) is 24.5 Å². The molecule has 152 valence electrons. The summed E-state index contributed by atoms with van der Waals surface area (Å²) in [6.45, 7) is 2.03. The Labute approximate surface area is 173 Å². The lowest BCUT2D eigenvalue weighted by Gasteiger charge is -2.24. The van der Waals surface area contributed by atoms with E-state index in [-0.39, 0.29) is 28.7 Å². The molecule has 8 heteroatoms. The summed E-state index contributed by atoms with van der Waals surface area (Å²) in [5, 5.41) is 10.8. The maximum atomic E-state index is 12.7. The molecule has 1 fully saturated rings. The van der Waals surface area contributed by atoms with Gasteiger partial charge in [-0.3, -0.25) is 14.9 Å². The molecule has 0 unspecified atom stereocenters. The van der Waals surface area contributed by atoms with Crippen molar-refractivity contribution in [1.82, 2.24) is 4.90 Å². The van der Waals surface area contributed by atoms with E-state index in [9.17, 15) is 19.7 Å². The molecule has 1 aliphatic heterocycles. The summed E-state index contributed by atoms with van der Waals surface area (Å²) < 4.78 is 5.46. The van der Waals surface area contributed by atoms with Crippen LogP contribution in [0, 0.1) is 10.1 Å². The molecule has 2 aromatic carbocycles. The Morgan fingerprint density at radius 2 is 1.83 bits per heavy atom. The summed E-state index contributed by atoms with van der Waals surface area (Å²) >= 11 is 1.26. The highest BCUT2D eigenvalue weighted by Gasteiger charge is 2.37. The van der Waals surface area contributed by atoms with Gasteiger partial charge in [-0.2, -0.15) is 0 Å². The number of amides is 1. The molecule has 1 aliphatic rings. The van der Waals surface area contributed by atoms with Crippen molar-refractivity contribution < 1.29 is 19.2 Å². The molecule has 1 saturated heterocycles. The van der Waals surface area contributed by atoms with Gasteiger partial charge in [0.15, 0.2) is 5.12 Å². The number of nitro groups is 1. The van der Waals surface area contributed by atoms with Crippen LogP contribution < -0.4 is 0 Å². The van der Waals surface area contributed by atoms with Crippen molar-refractivity contribution in [3.63, 3.8) is 0 Å². The van der Waals surface area contributed by atoms with Crippen molar-refractivity contribution in [3.05, 3.63) is 75.8 Å². The number of carbonyl (C=O) groups is 2. The topological polar surface area (TPSA) is 89.8 Å². The maximum absolute atomic E-state index is 12.7. The Kier molecular flexibility index (Phi) is 6.87. The zero-order valence-electron chi connectivity index (χ0n) is 16.0. The zero-order valence-corrected chi connectivity index (χ0v) is 16.8. The normalized spacial score (nSPS) is 18.4. The summed E-state index contributed by atoms with van der Waals surface area (Å²) in [4.78, 5) is 36.2. The number of carbonyl (C=O) groups excluding carboxylic acids is 2. The van der Waals surface area contributed by atoms with Crippen LogP contribution >= 0.6 is 11.8 Å². The number of nitrogens with zero attached hydrogens (tertiary/aromatic N) is 2. The molecule has 0 saturated carbocycles. The minimum atomic E-state index is -0.471. The number of hydrogen-bond donors (Lipinski definition) is 0. The molecule has 0 spiro atoms. The minimum Gasteiger partial charge on any atom is -0.445 e. The maximum Gasteiger partial charge on any atom is 0.410 e. The summed E-state index contributed by atoms with van der Waals surface area (Å²) in [6.07, 6.45) is 0.990. The summed E-state index contributed by atoms with van der Waals surface area (Å²) in [7, 11) is 0. The summed E-state index contributed by atoms with van der Waals surface area (Å²) in [6, 6.07) is 15.8. The number of non-ortho nitro benzene ring substituents is 1. The molecule has 7 nitrogen and oxygen atoms in total. The van der Waals surface area contributed by atoms with Crippen molar-refractivity contribution in [2.24, 2.45) is 0 Å². The van der Waals surface area contributed by atoms with Crippen LogP contribution in [0.3, 0.4) is 0 Å². The molecule has 2 atom stereocenters. The first-order valence-electron chi connectivity index (χ1n) is 9.30. The molecular weight excluding hydrogens is 392 g/mol. The van der Waals surface area contributed by atoms with Gasteiger partial charge in [0.1, 0.15) is 6.61 Å². The van der Waals surface area contributed by atoms with E-state index < -0.39 is 11.0 Å². The van der Waals surface area contributed by atoms with Gasteiger partial charge >= 0.3 is 6.09 Å². The van der Waals surface area contributed by atoms with Crippen molar-refractivity contribution in [2.75, 3.05) is 6.54 Å².